The fourth-order valence-electron chi connectivity index (χ4n) is 5.15. The Bertz CT molecular complexity index is 1360. The molecule has 0 unspecified atom stereocenters. The number of nitrogens with one attached hydrogen (secondary N) is 1. The van der Waals surface area contributed by atoms with Crippen LogP contribution in [0.4, 0.5) is 0 Å². The second-order valence-corrected chi connectivity index (χ2v) is 11.5. The number of carbonyl (C=O) groups is 2. The first-order valence-electron chi connectivity index (χ1n) is 14.0. The largest absolute Gasteiger partial charge is 0.489 e. The highest BCUT2D eigenvalue weighted by atomic mass is 16.5. The molecule has 40 heavy (non-hydrogen) atoms. The van der Waals surface area contributed by atoms with Crippen LogP contribution in [-0.4, -0.2) is 67.2 Å². The van der Waals surface area contributed by atoms with Gasteiger partial charge in [-0.2, -0.15) is 10.2 Å². The Morgan fingerprint density at radius 1 is 1.10 bits per heavy atom. The van der Waals surface area contributed by atoms with Gasteiger partial charge in [-0.3, -0.25) is 9.59 Å². The molecule has 0 aromatic carbocycles. The van der Waals surface area contributed by atoms with E-state index in [0.717, 1.165) is 36.9 Å². The standard InChI is InChI=1S/C28H39N7O5/c1-28(2,38)16-39-23-11-10-22-20(14-32-35(22)24(23)17-4-5-17)26(37)33-18-6-8-19(9-7-18)40-27-21(25(30)36)15-31-34(27)13-3-12-29/h10-11,14-15,17-19,38H,3-9,12-13,16,29H2,1-2H3,(H2,30,36)(H,33,37). The van der Waals surface area contributed by atoms with Gasteiger partial charge >= 0.3 is 0 Å². The van der Waals surface area contributed by atoms with Gasteiger partial charge in [0, 0.05) is 18.5 Å². The molecule has 3 heterocycles. The molecule has 0 atom stereocenters. The highest BCUT2D eigenvalue weighted by molar-refractivity contribution is 6.01. The number of nitrogens with zero attached hydrogens (tertiary/aromatic N) is 4. The average molecular weight is 554 g/mol. The molecule has 3 aromatic heterocycles. The minimum atomic E-state index is -0.954. The first-order chi connectivity index (χ1) is 19.1. The van der Waals surface area contributed by atoms with E-state index in [9.17, 15) is 14.7 Å². The molecule has 2 saturated carbocycles. The lowest BCUT2D eigenvalue weighted by atomic mass is 9.92. The minimum Gasteiger partial charge on any atom is -0.489 e. The van der Waals surface area contributed by atoms with E-state index in [1.807, 2.05) is 12.1 Å². The molecule has 216 valence electrons. The van der Waals surface area contributed by atoms with Gasteiger partial charge in [0.2, 0.25) is 5.88 Å². The van der Waals surface area contributed by atoms with E-state index in [1.54, 1.807) is 29.2 Å². The molecule has 5 rings (SSSR count). The number of aromatic nitrogens is 4. The highest BCUT2D eigenvalue weighted by Crippen LogP contribution is 2.44. The van der Waals surface area contributed by atoms with Gasteiger partial charge in [0.15, 0.2) is 0 Å². The van der Waals surface area contributed by atoms with Crippen molar-refractivity contribution in [2.45, 2.75) is 89.0 Å². The lowest BCUT2D eigenvalue weighted by Gasteiger charge is -2.29. The van der Waals surface area contributed by atoms with Crippen molar-refractivity contribution in [1.82, 2.24) is 24.7 Å². The summed E-state index contributed by atoms with van der Waals surface area (Å²) in [5, 5.41) is 22.1. The van der Waals surface area contributed by atoms with E-state index in [2.05, 4.69) is 15.5 Å². The van der Waals surface area contributed by atoms with Crippen molar-refractivity contribution in [1.29, 1.82) is 0 Å². The van der Waals surface area contributed by atoms with Gasteiger partial charge in [0.05, 0.1) is 34.8 Å². The molecular weight excluding hydrogens is 514 g/mol. The SMILES string of the molecule is CC(C)(O)COc1ccc2c(C(=O)NC3CCC(Oc4c(C(N)=O)cnn4CCCN)CC3)cnn2c1C1CC1. The molecule has 2 fully saturated rings. The normalized spacial score (nSPS) is 19.5. The smallest absolute Gasteiger partial charge is 0.255 e. The van der Waals surface area contributed by atoms with E-state index < -0.39 is 11.5 Å². The van der Waals surface area contributed by atoms with E-state index in [-0.39, 0.29) is 30.2 Å². The average Bonchev–Trinajstić information content (AvgIpc) is 3.53. The third kappa shape index (κ3) is 6.23. The Labute approximate surface area is 233 Å². The van der Waals surface area contributed by atoms with Crippen molar-refractivity contribution in [3.8, 4) is 11.6 Å². The number of rotatable bonds is 12. The molecule has 3 aromatic rings. The van der Waals surface area contributed by atoms with E-state index in [1.165, 1.54) is 6.20 Å². The number of aryl methyl sites for hydroxylation is 1. The fraction of sp³-hybridized carbons (Fsp3) is 0.571. The molecule has 2 amide bonds. The van der Waals surface area contributed by atoms with Crippen LogP contribution in [0.15, 0.2) is 24.5 Å². The Morgan fingerprint density at radius 2 is 1.82 bits per heavy atom. The predicted octanol–water partition coefficient (Wildman–Crippen LogP) is 2.13. The van der Waals surface area contributed by atoms with Gasteiger partial charge < -0.3 is 31.4 Å². The summed E-state index contributed by atoms with van der Waals surface area (Å²) in [4.78, 5) is 25.2. The number of primary amides is 1. The van der Waals surface area contributed by atoms with Crippen molar-refractivity contribution in [3.63, 3.8) is 0 Å². The van der Waals surface area contributed by atoms with Crippen molar-refractivity contribution in [2.24, 2.45) is 11.5 Å². The Kier molecular flexibility index (Phi) is 7.99. The molecule has 6 N–H and O–H groups in total. The molecule has 0 aliphatic heterocycles. The van der Waals surface area contributed by atoms with Crippen LogP contribution in [0.3, 0.4) is 0 Å². The summed E-state index contributed by atoms with van der Waals surface area (Å²) in [6.45, 7) is 4.62. The van der Waals surface area contributed by atoms with Crippen LogP contribution >= 0.6 is 0 Å². The predicted molar refractivity (Wildman–Crippen MR) is 148 cm³/mol. The maximum absolute atomic E-state index is 13.3. The van der Waals surface area contributed by atoms with Crippen molar-refractivity contribution >= 4 is 17.3 Å². The van der Waals surface area contributed by atoms with E-state index >= 15 is 0 Å². The van der Waals surface area contributed by atoms with Gasteiger partial charge in [-0.25, -0.2) is 9.20 Å². The zero-order valence-corrected chi connectivity index (χ0v) is 23.1. The number of hydrogen-bond donors (Lipinski definition) is 4. The van der Waals surface area contributed by atoms with Crippen LogP contribution in [0.1, 0.15) is 91.1 Å². The monoisotopic (exact) mass is 553 g/mol. The molecule has 12 nitrogen and oxygen atoms in total. The summed E-state index contributed by atoms with van der Waals surface area (Å²) in [6, 6.07) is 3.72. The third-order valence-corrected chi connectivity index (χ3v) is 7.39. The van der Waals surface area contributed by atoms with Crippen molar-refractivity contribution in [3.05, 3.63) is 41.3 Å². The Hall–Kier alpha value is -3.64. The lowest BCUT2D eigenvalue weighted by molar-refractivity contribution is 0.0279. The summed E-state index contributed by atoms with van der Waals surface area (Å²) in [5.74, 6) is 0.658. The molecule has 0 spiro atoms. The highest BCUT2D eigenvalue weighted by Gasteiger charge is 2.32. The summed E-state index contributed by atoms with van der Waals surface area (Å²) in [6.07, 6.45) is 8.63. The number of aliphatic hydroxyl groups is 1. The first kappa shape index (κ1) is 27.9. The van der Waals surface area contributed by atoms with Crippen LogP contribution in [0.5, 0.6) is 11.6 Å². The second-order valence-electron chi connectivity index (χ2n) is 11.5. The van der Waals surface area contributed by atoms with Crippen LogP contribution in [-0.2, 0) is 6.54 Å². The summed E-state index contributed by atoms with van der Waals surface area (Å²) < 4.78 is 15.6. The Morgan fingerprint density at radius 3 is 2.48 bits per heavy atom. The van der Waals surface area contributed by atoms with Crippen molar-refractivity contribution < 1.29 is 24.2 Å². The number of ether oxygens (including phenoxy) is 2. The number of hydrogen-bond acceptors (Lipinski definition) is 8. The minimum absolute atomic E-state index is 0.00245. The molecule has 0 bridgehead atoms. The maximum atomic E-state index is 13.3. The summed E-state index contributed by atoms with van der Waals surface area (Å²) in [5.41, 5.74) is 12.7. The molecule has 0 radical (unpaired) electrons. The molecule has 2 aliphatic carbocycles. The maximum Gasteiger partial charge on any atom is 0.255 e. The van der Waals surface area contributed by atoms with Gasteiger partial charge in [0.25, 0.3) is 11.8 Å². The van der Waals surface area contributed by atoms with Gasteiger partial charge in [-0.1, -0.05) is 0 Å². The van der Waals surface area contributed by atoms with Crippen LogP contribution in [0.25, 0.3) is 5.52 Å². The van der Waals surface area contributed by atoms with Gasteiger partial charge in [-0.05, 0) is 77.5 Å². The number of pyridine rings is 1. The number of fused-ring (bicyclic) bond motifs is 1. The quantitative estimate of drug-likeness (QED) is 0.264. The van der Waals surface area contributed by atoms with Crippen molar-refractivity contribution in [2.75, 3.05) is 13.2 Å². The van der Waals surface area contributed by atoms with E-state index in [4.69, 9.17) is 20.9 Å². The summed E-state index contributed by atoms with van der Waals surface area (Å²) in [7, 11) is 0. The lowest BCUT2D eigenvalue weighted by Crippen LogP contribution is -2.40. The van der Waals surface area contributed by atoms with Crippen LogP contribution in [0, 0.1) is 0 Å². The molecule has 0 saturated heterocycles. The van der Waals surface area contributed by atoms with Gasteiger partial charge in [0.1, 0.15) is 24.0 Å². The zero-order valence-electron chi connectivity index (χ0n) is 23.1. The molecule has 2 aliphatic rings. The van der Waals surface area contributed by atoms with E-state index in [0.29, 0.717) is 55.5 Å². The number of carbonyl (C=O) groups excluding carboxylic acids is 2. The Balaban J connectivity index is 1.22. The zero-order chi connectivity index (χ0) is 28.4. The van der Waals surface area contributed by atoms with Crippen LogP contribution in [0.2, 0.25) is 0 Å². The third-order valence-electron chi connectivity index (χ3n) is 7.39. The number of amides is 2. The second kappa shape index (κ2) is 11.5. The van der Waals surface area contributed by atoms with Gasteiger partial charge in [-0.15, -0.1) is 0 Å². The topological polar surface area (TPSA) is 172 Å². The number of nitrogens with two attached hydrogens (primary N) is 2. The molecular formula is C28H39N7O5. The summed E-state index contributed by atoms with van der Waals surface area (Å²) >= 11 is 0. The fourth-order valence-corrected chi connectivity index (χ4v) is 5.15. The first-order valence-corrected chi connectivity index (χ1v) is 14.0. The molecule has 12 heteroatoms. The van der Waals surface area contributed by atoms with Crippen LogP contribution < -0.4 is 26.3 Å².